The van der Waals surface area contributed by atoms with Gasteiger partial charge in [-0.05, 0) is 18.2 Å². The first kappa shape index (κ1) is 16.0. The molecule has 0 bridgehead atoms. The molecule has 21 heavy (non-hydrogen) atoms. The van der Waals surface area contributed by atoms with Gasteiger partial charge in [-0.2, -0.15) is 0 Å². The molecule has 1 saturated heterocycles. The molecule has 0 aliphatic carbocycles. The van der Waals surface area contributed by atoms with Gasteiger partial charge >= 0.3 is 0 Å². The number of rotatable bonds is 6. The molecule has 1 aromatic carbocycles. The van der Waals surface area contributed by atoms with E-state index in [0.29, 0.717) is 11.5 Å². The lowest BCUT2D eigenvalue weighted by molar-refractivity contribution is 0.0728. The molecule has 0 saturated carbocycles. The van der Waals surface area contributed by atoms with Crippen molar-refractivity contribution >= 4 is 0 Å². The number of benzene rings is 1. The van der Waals surface area contributed by atoms with Crippen LogP contribution in [0.2, 0.25) is 0 Å². The van der Waals surface area contributed by atoms with Crippen LogP contribution in [0.25, 0.3) is 0 Å². The Balaban J connectivity index is 2.33. The molecule has 4 nitrogen and oxygen atoms in total. The SMILES string of the molecule is COc1ccc(OC)c([C@@H](CC(F)F)N2CCNCC2)c1. The van der Waals surface area contributed by atoms with Crippen LogP contribution in [0.4, 0.5) is 8.78 Å². The third kappa shape index (κ3) is 4.04. The quantitative estimate of drug-likeness (QED) is 0.874. The van der Waals surface area contributed by atoms with Gasteiger partial charge in [-0.15, -0.1) is 0 Å². The molecular formula is C15H22F2N2O2. The number of methoxy groups -OCH3 is 2. The number of piperazine rings is 1. The van der Waals surface area contributed by atoms with Crippen LogP contribution < -0.4 is 14.8 Å². The first-order valence-corrected chi connectivity index (χ1v) is 7.10. The third-order valence-corrected chi connectivity index (χ3v) is 3.79. The minimum Gasteiger partial charge on any atom is -0.497 e. The summed E-state index contributed by atoms with van der Waals surface area (Å²) in [6.45, 7) is 3.12. The zero-order valence-electron chi connectivity index (χ0n) is 12.4. The fourth-order valence-corrected chi connectivity index (χ4v) is 2.74. The topological polar surface area (TPSA) is 33.7 Å². The second-order valence-corrected chi connectivity index (χ2v) is 5.04. The van der Waals surface area contributed by atoms with Crippen LogP contribution in [0.5, 0.6) is 11.5 Å². The normalized spacial score (nSPS) is 17.8. The van der Waals surface area contributed by atoms with Gasteiger partial charge in [0.1, 0.15) is 11.5 Å². The summed E-state index contributed by atoms with van der Waals surface area (Å²) in [7, 11) is 3.13. The van der Waals surface area contributed by atoms with Gasteiger partial charge in [0.25, 0.3) is 0 Å². The standard InChI is InChI=1S/C15H22F2N2O2/c1-20-11-3-4-14(21-2)12(9-11)13(10-15(16)17)19-7-5-18-6-8-19/h3-4,9,13,15,18H,5-8,10H2,1-2H3/t13-/m1/s1. The van der Waals surface area contributed by atoms with Gasteiger partial charge in [0.2, 0.25) is 6.43 Å². The van der Waals surface area contributed by atoms with Crippen molar-refractivity contribution in [1.82, 2.24) is 10.2 Å². The summed E-state index contributed by atoms with van der Waals surface area (Å²) in [6.07, 6.45) is -2.57. The summed E-state index contributed by atoms with van der Waals surface area (Å²) in [5, 5.41) is 3.24. The molecule has 0 radical (unpaired) electrons. The van der Waals surface area contributed by atoms with E-state index in [1.807, 2.05) is 0 Å². The molecule has 1 N–H and O–H groups in total. The number of alkyl halides is 2. The molecule has 1 fully saturated rings. The molecular weight excluding hydrogens is 278 g/mol. The number of ether oxygens (including phenoxy) is 2. The second-order valence-electron chi connectivity index (χ2n) is 5.04. The van der Waals surface area contributed by atoms with Crippen LogP contribution in [0.3, 0.4) is 0 Å². The summed E-state index contributed by atoms with van der Waals surface area (Å²) in [6, 6.07) is 4.99. The number of halogens is 2. The molecule has 6 heteroatoms. The van der Waals surface area contributed by atoms with Crippen LogP contribution >= 0.6 is 0 Å². The van der Waals surface area contributed by atoms with Gasteiger partial charge in [-0.1, -0.05) is 0 Å². The van der Waals surface area contributed by atoms with Crippen LogP contribution in [0.15, 0.2) is 18.2 Å². The fourth-order valence-electron chi connectivity index (χ4n) is 2.74. The average Bonchev–Trinajstić information content (AvgIpc) is 2.52. The predicted molar refractivity (Wildman–Crippen MR) is 77.4 cm³/mol. The summed E-state index contributed by atoms with van der Waals surface area (Å²) in [5.74, 6) is 1.28. The van der Waals surface area contributed by atoms with Crippen molar-refractivity contribution in [3.8, 4) is 11.5 Å². The van der Waals surface area contributed by atoms with Crippen molar-refractivity contribution in [2.75, 3.05) is 40.4 Å². The molecule has 0 spiro atoms. The molecule has 1 heterocycles. The average molecular weight is 300 g/mol. The molecule has 1 aliphatic heterocycles. The van der Waals surface area contributed by atoms with E-state index in [0.717, 1.165) is 31.7 Å². The van der Waals surface area contributed by atoms with E-state index in [1.54, 1.807) is 32.4 Å². The van der Waals surface area contributed by atoms with Crippen LogP contribution in [-0.4, -0.2) is 51.7 Å². The van der Waals surface area contributed by atoms with Crippen molar-refractivity contribution < 1.29 is 18.3 Å². The number of nitrogens with one attached hydrogen (secondary N) is 1. The van der Waals surface area contributed by atoms with E-state index in [1.165, 1.54) is 0 Å². The highest BCUT2D eigenvalue weighted by Gasteiger charge is 2.28. The molecule has 1 atom stereocenters. The van der Waals surface area contributed by atoms with Gasteiger partial charge in [0.05, 0.1) is 14.2 Å². The van der Waals surface area contributed by atoms with Crippen molar-refractivity contribution in [3.05, 3.63) is 23.8 Å². The van der Waals surface area contributed by atoms with E-state index in [9.17, 15) is 8.78 Å². The van der Waals surface area contributed by atoms with Crippen LogP contribution in [0, 0.1) is 0 Å². The van der Waals surface area contributed by atoms with Crippen LogP contribution in [0.1, 0.15) is 18.0 Å². The minimum atomic E-state index is -2.36. The summed E-state index contributed by atoms with van der Waals surface area (Å²) in [4.78, 5) is 2.08. The van der Waals surface area contributed by atoms with Gasteiger partial charge in [-0.25, -0.2) is 8.78 Å². The molecule has 1 aliphatic rings. The Labute approximate surface area is 124 Å². The highest BCUT2D eigenvalue weighted by Crippen LogP contribution is 2.36. The van der Waals surface area contributed by atoms with E-state index in [2.05, 4.69) is 10.2 Å². The largest absolute Gasteiger partial charge is 0.497 e. The Morgan fingerprint density at radius 3 is 2.48 bits per heavy atom. The molecule has 0 aromatic heterocycles. The fraction of sp³-hybridized carbons (Fsp3) is 0.600. The molecule has 2 rings (SSSR count). The van der Waals surface area contributed by atoms with Crippen molar-refractivity contribution in [1.29, 1.82) is 0 Å². The Bertz CT molecular complexity index is 451. The van der Waals surface area contributed by atoms with Gasteiger partial charge in [-0.3, -0.25) is 4.90 Å². The Morgan fingerprint density at radius 1 is 1.19 bits per heavy atom. The monoisotopic (exact) mass is 300 g/mol. The maximum Gasteiger partial charge on any atom is 0.240 e. The van der Waals surface area contributed by atoms with Gasteiger partial charge in [0, 0.05) is 44.2 Å². The zero-order chi connectivity index (χ0) is 15.2. The van der Waals surface area contributed by atoms with E-state index in [4.69, 9.17) is 9.47 Å². The maximum atomic E-state index is 13.0. The van der Waals surface area contributed by atoms with Gasteiger partial charge in [0.15, 0.2) is 0 Å². The molecule has 1 aromatic rings. The smallest absolute Gasteiger partial charge is 0.240 e. The van der Waals surface area contributed by atoms with E-state index in [-0.39, 0.29) is 12.5 Å². The first-order chi connectivity index (χ1) is 10.2. The second kappa shape index (κ2) is 7.56. The Hall–Kier alpha value is -1.40. The van der Waals surface area contributed by atoms with Crippen LogP contribution in [-0.2, 0) is 0 Å². The lowest BCUT2D eigenvalue weighted by Crippen LogP contribution is -2.45. The number of hydrogen-bond acceptors (Lipinski definition) is 4. The number of nitrogens with zero attached hydrogens (tertiary/aromatic N) is 1. The van der Waals surface area contributed by atoms with Crippen molar-refractivity contribution in [3.63, 3.8) is 0 Å². The maximum absolute atomic E-state index is 13.0. The molecule has 118 valence electrons. The summed E-state index contributed by atoms with van der Waals surface area (Å²) < 4.78 is 36.6. The summed E-state index contributed by atoms with van der Waals surface area (Å²) >= 11 is 0. The van der Waals surface area contributed by atoms with E-state index >= 15 is 0 Å². The Morgan fingerprint density at radius 2 is 1.90 bits per heavy atom. The first-order valence-electron chi connectivity index (χ1n) is 7.10. The lowest BCUT2D eigenvalue weighted by Gasteiger charge is -2.35. The van der Waals surface area contributed by atoms with Crippen molar-refractivity contribution in [2.24, 2.45) is 0 Å². The number of hydrogen-bond donors (Lipinski definition) is 1. The highest BCUT2D eigenvalue weighted by molar-refractivity contribution is 5.42. The third-order valence-electron chi connectivity index (χ3n) is 3.79. The van der Waals surface area contributed by atoms with Crippen molar-refractivity contribution in [2.45, 2.75) is 18.9 Å². The summed E-state index contributed by atoms with van der Waals surface area (Å²) in [5.41, 5.74) is 0.763. The molecule has 0 amide bonds. The Kier molecular flexibility index (Phi) is 5.76. The molecule has 0 unspecified atom stereocenters. The highest BCUT2D eigenvalue weighted by atomic mass is 19.3. The predicted octanol–water partition coefficient (Wildman–Crippen LogP) is 2.31. The lowest BCUT2D eigenvalue weighted by atomic mass is 9.99. The van der Waals surface area contributed by atoms with Gasteiger partial charge < -0.3 is 14.8 Å². The van der Waals surface area contributed by atoms with E-state index < -0.39 is 6.43 Å². The zero-order valence-corrected chi connectivity index (χ0v) is 12.4. The minimum absolute atomic E-state index is 0.205.